The van der Waals surface area contributed by atoms with E-state index in [1.807, 2.05) is 66.4 Å². The molecule has 0 unspecified atom stereocenters. The van der Waals surface area contributed by atoms with Gasteiger partial charge in [0, 0.05) is 56.6 Å². The lowest BCUT2D eigenvalue weighted by molar-refractivity contribution is -0.133. The number of piperazine rings is 1. The fourth-order valence-electron chi connectivity index (χ4n) is 4.32. The van der Waals surface area contributed by atoms with Crippen molar-refractivity contribution in [2.45, 2.75) is 20.8 Å². The van der Waals surface area contributed by atoms with E-state index in [1.54, 1.807) is 0 Å². The van der Waals surface area contributed by atoms with Crippen molar-refractivity contribution in [2.24, 2.45) is 0 Å². The van der Waals surface area contributed by atoms with Gasteiger partial charge in [0.2, 0.25) is 0 Å². The van der Waals surface area contributed by atoms with Crippen LogP contribution >= 0.6 is 0 Å². The van der Waals surface area contributed by atoms with Gasteiger partial charge in [-0.05, 0) is 69.3 Å². The zero-order chi connectivity index (χ0) is 25.3. The number of benzene rings is 2. The Kier molecular flexibility index (Phi) is 8.60. The van der Waals surface area contributed by atoms with Crippen LogP contribution in [0.1, 0.15) is 20.8 Å². The monoisotopic (exact) mass is 489 g/mol. The minimum absolute atomic E-state index is 0.000163. The summed E-state index contributed by atoms with van der Waals surface area (Å²) in [6.07, 6.45) is 0. The quantitative estimate of drug-likeness (QED) is 0.424. The number of carbonyl (C=O) groups excluding carboxylic acids is 1. The Morgan fingerprint density at radius 1 is 0.861 bits per heavy atom. The minimum Gasteiger partial charge on any atom is -0.494 e. The Bertz CT molecular complexity index is 1110. The molecule has 190 valence electrons. The molecule has 2 heterocycles. The molecule has 1 amide bonds. The highest BCUT2D eigenvalue weighted by molar-refractivity contribution is 5.78. The van der Waals surface area contributed by atoms with Crippen LogP contribution in [0.3, 0.4) is 0 Å². The maximum atomic E-state index is 12.7. The van der Waals surface area contributed by atoms with Crippen LogP contribution in [0.5, 0.6) is 11.5 Å². The van der Waals surface area contributed by atoms with Gasteiger partial charge < -0.3 is 24.2 Å². The Morgan fingerprint density at radius 3 is 2.25 bits per heavy atom. The fourth-order valence-corrected chi connectivity index (χ4v) is 4.32. The Labute approximate surface area is 213 Å². The van der Waals surface area contributed by atoms with Gasteiger partial charge in [-0.25, -0.2) is 0 Å². The second-order valence-electron chi connectivity index (χ2n) is 8.56. The number of rotatable bonds is 10. The molecule has 0 N–H and O–H groups in total. The van der Waals surface area contributed by atoms with Crippen molar-refractivity contribution in [2.75, 3.05) is 62.3 Å². The van der Waals surface area contributed by atoms with Crippen LogP contribution in [0.4, 0.5) is 11.5 Å². The van der Waals surface area contributed by atoms with Crippen LogP contribution in [-0.4, -0.2) is 73.5 Å². The molecule has 0 saturated carbocycles. The molecular formula is C28H35N5O3. The lowest BCUT2D eigenvalue weighted by Gasteiger charge is -2.35. The SMILES string of the molecule is CCOc1ccc(-c2ccc(N3CCN(C(=O)COc4cccc(N(CC)CC)c4)CC3)nn2)cc1. The van der Waals surface area contributed by atoms with Crippen molar-refractivity contribution >= 4 is 17.4 Å². The molecule has 0 spiro atoms. The topological polar surface area (TPSA) is 71.0 Å². The van der Waals surface area contributed by atoms with Crippen LogP contribution in [-0.2, 0) is 4.79 Å². The number of nitrogens with zero attached hydrogens (tertiary/aromatic N) is 5. The smallest absolute Gasteiger partial charge is 0.260 e. The molecule has 4 rings (SSSR count). The third-order valence-corrected chi connectivity index (χ3v) is 6.38. The lowest BCUT2D eigenvalue weighted by Crippen LogP contribution is -2.50. The zero-order valence-electron chi connectivity index (χ0n) is 21.4. The average Bonchev–Trinajstić information content (AvgIpc) is 2.93. The summed E-state index contributed by atoms with van der Waals surface area (Å²) < 4.78 is 11.3. The van der Waals surface area contributed by atoms with Gasteiger partial charge in [-0.2, -0.15) is 0 Å². The van der Waals surface area contributed by atoms with Gasteiger partial charge in [-0.15, -0.1) is 10.2 Å². The van der Waals surface area contributed by atoms with E-state index in [0.29, 0.717) is 38.5 Å². The van der Waals surface area contributed by atoms with Crippen LogP contribution in [0.25, 0.3) is 11.3 Å². The molecule has 8 nitrogen and oxygen atoms in total. The largest absolute Gasteiger partial charge is 0.494 e. The summed E-state index contributed by atoms with van der Waals surface area (Å²) in [6.45, 7) is 11.4. The first-order chi connectivity index (χ1) is 17.6. The lowest BCUT2D eigenvalue weighted by atomic mass is 10.1. The number of amides is 1. The summed E-state index contributed by atoms with van der Waals surface area (Å²) in [4.78, 5) is 19.0. The fraction of sp³-hybridized carbons (Fsp3) is 0.393. The molecule has 36 heavy (non-hydrogen) atoms. The van der Waals surface area contributed by atoms with E-state index in [4.69, 9.17) is 9.47 Å². The average molecular weight is 490 g/mol. The predicted octanol–water partition coefficient (Wildman–Crippen LogP) is 4.12. The number of ether oxygens (including phenoxy) is 2. The predicted molar refractivity (Wildman–Crippen MR) is 143 cm³/mol. The number of carbonyl (C=O) groups is 1. The molecule has 3 aromatic rings. The normalized spacial score (nSPS) is 13.4. The van der Waals surface area contributed by atoms with Gasteiger partial charge in [0.25, 0.3) is 5.91 Å². The van der Waals surface area contributed by atoms with Crippen molar-refractivity contribution in [1.29, 1.82) is 0 Å². The Balaban J connectivity index is 1.27. The second kappa shape index (κ2) is 12.2. The summed E-state index contributed by atoms with van der Waals surface area (Å²) in [5.41, 5.74) is 2.92. The molecule has 0 atom stereocenters. The van der Waals surface area contributed by atoms with Gasteiger partial charge in [-0.3, -0.25) is 4.79 Å². The van der Waals surface area contributed by atoms with E-state index < -0.39 is 0 Å². The summed E-state index contributed by atoms with van der Waals surface area (Å²) in [7, 11) is 0. The van der Waals surface area contributed by atoms with Crippen LogP contribution in [0.15, 0.2) is 60.7 Å². The van der Waals surface area contributed by atoms with E-state index >= 15 is 0 Å². The maximum Gasteiger partial charge on any atom is 0.260 e. The summed E-state index contributed by atoms with van der Waals surface area (Å²) in [5.74, 6) is 2.38. The van der Waals surface area contributed by atoms with Crippen molar-refractivity contribution in [1.82, 2.24) is 15.1 Å². The van der Waals surface area contributed by atoms with E-state index in [2.05, 4.69) is 39.9 Å². The number of hydrogen-bond donors (Lipinski definition) is 0. The number of aromatic nitrogens is 2. The van der Waals surface area contributed by atoms with Gasteiger partial charge in [0.15, 0.2) is 12.4 Å². The Morgan fingerprint density at radius 2 is 1.61 bits per heavy atom. The van der Waals surface area contributed by atoms with Gasteiger partial charge >= 0.3 is 0 Å². The van der Waals surface area contributed by atoms with Crippen molar-refractivity contribution in [3.63, 3.8) is 0 Å². The van der Waals surface area contributed by atoms with E-state index in [0.717, 1.165) is 41.6 Å². The zero-order valence-corrected chi connectivity index (χ0v) is 21.4. The van der Waals surface area contributed by atoms with Crippen molar-refractivity contribution in [3.05, 3.63) is 60.7 Å². The highest BCUT2D eigenvalue weighted by Crippen LogP contribution is 2.23. The molecule has 1 aliphatic heterocycles. The third-order valence-electron chi connectivity index (χ3n) is 6.38. The standard InChI is InChI=1S/C28H35N5O3/c1-4-31(5-2)23-8-7-9-25(20-23)36-21-28(34)33-18-16-32(17-19-33)27-15-14-26(29-30-27)22-10-12-24(13-11-22)35-6-3/h7-15,20H,4-6,16-19,21H2,1-3H3. The molecule has 8 heteroatoms. The number of hydrogen-bond acceptors (Lipinski definition) is 7. The molecule has 1 fully saturated rings. The molecule has 1 aromatic heterocycles. The second-order valence-corrected chi connectivity index (χ2v) is 8.56. The summed E-state index contributed by atoms with van der Waals surface area (Å²) in [6, 6.07) is 19.7. The van der Waals surface area contributed by atoms with E-state index in [-0.39, 0.29) is 12.5 Å². The van der Waals surface area contributed by atoms with Gasteiger partial charge in [0.1, 0.15) is 11.5 Å². The van der Waals surface area contributed by atoms with Crippen molar-refractivity contribution in [3.8, 4) is 22.8 Å². The maximum absolute atomic E-state index is 12.7. The molecule has 0 radical (unpaired) electrons. The van der Waals surface area contributed by atoms with Crippen LogP contribution < -0.4 is 19.3 Å². The number of anilines is 2. The molecule has 0 bridgehead atoms. The molecule has 2 aromatic carbocycles. The molecule has 1 saturated heterocycles. The highest BCUT2D eigenvalue weighted by atomic mass is 16.5. The third kappa shape index (κ3) is 6.24. The molecular weight excluding hydrogens is 454 g/mol. The van der Waals surface area contributed by atoms with Gasteiger partial charge in [-0.1, -0.05) is 6.07 Å². The first-order valence-electron chi connectivity index (χ1n) is 12.7. The summed E-state index contributed by atoms with van der Waals surface area (Å²) in [5, 5.41) is 8.84. The van der Waals surface area contributed by atoms with E-state index in [1.165, 1.54) is 0 Å². The minimum atomic E-state index is -0.000163. The first kappa shape index (κ1) is 25.3. The van der Waals surface area contributed by atoms with Crippen LogP contribution in [0, 0.1) is 0 Å². The van der Waals surface area contributed by atoms with Crippen molar-refractivity contribution < 1.29 is 14.3 Å². The molecule has 0 aliphatic carbocycles. The van der Waals surface area contributed by atoms with E-state index in [9.17, 15) is 4.79 Å². The first-order valence-corrected chi connectivity index (χ1v) is 12.7. The van der Waals surface area contributed by atoms with Gasteiger partial charge in [0.05, 0.1) is 12.3 Å². The summed E-state index contributed by atoms with van der Waals surface area (Å²) >= 11 is 0. The van der Waals surface area contributed by atoms with Crippen LogP contribution in [0.2, 0.25) is 0 Å². The highest BCUT2D eigenvalue weighted by Gasteiger charge is 2.22. The molecule has 1 aliphatic rings. The Hall–Kier alpha value is -3.81.